The maximum absolute atomic E-state index is 11.4. The van der Waals surface area contributed by atoms with Gasteiger partial charge in [0.25, 0.3) is 0 Å². The van der Waals surface area contributed by atoms with E-state index in [1.807, 2.05) is 0 Å². The van der Waals surface area contributed by atoms with E-state index in [2.05, 4.69) is 4.90 Å². The Kier molecular flexibility index (Phi) is 1.81. The van der Waals surface area contributed by atoms with Gasteiger partial charge in [-0.2, -0.15) is 0 Å². The minimum absolute atomic E-state index is 0.179. The van der Waals surface area contributed by atoms with Gasteiger partial charge in [-0.15, -0.1) is 0 Å². The van der Waals surface area contributed by atoms with Gasteiger partial charge in [0.1, 0.15) is 0 Å². The van der Waals surface area contributed by atoms with Crippen LogP contribution in [0.1, 0.15) is 19.3 Å². The van der Waals surface area contributed by atoms with Crippen molar-refractivity contribution >= 4 is 5.91 Å². The van der Waals surface area contributed by atoms with Gasteiger partial charge in [-0.3, -0.25) is 10.0 Å². The maximum atomic E-state index is 11.4. The SMILES string of the molecule is O=C(NO)C12CCN(CC1)CC2. The molecule has 3 aliphatic heterocycles. The number of carbonyl (C=O) groups is 1. The Hall–Kier alpha value is -0.610. The summed E-state index contributed by atoms with van der Waals surface area (Å²) in [7, 11) is 0. The fourth-order valence-electron chi connectivity index (χ4n) is 2.29. The number of nitrogens with one attached hydrogen (secondary N) is 1. The molecule has 3 heterocycles. The highest BCUT2D eigenvalue weighted by Gasteiger charge is 2.44. The summed E-state index contributed by atoms with van der Waals surface area (Å²) in [5.74, 6) is -0.179. The highest BCUT2D eigenvalue weighted by Crippen LogP contribution is 2.39. The van der Waals surface area contributed by atoms with Crippen molar-refractivity contribution in [3.05, 3.63) is 0 Å². The molecule has 4 heteroatoms. The second-order valence-electron chi connectivity index (χ2n) is 3.81. The average Bonchev–Trinajstić information content (AvgIpc) is 2.19. The largest absolute Gasteiger partial charge is 0.303 e. The molecule has 4 nitrogen and oxygen atoms in total. The highest BCUT2D eigenvalue weighted by atomic mass is 16.5. The number of hydrogen-bond donors (Lipinski definition) is 2. The molecule has 1 amide bonds. The number of rotatable bonds is 1. The van der Waals surface area contributed by atoms with Gasteiger partial charge >= 0.3 is 0 Å². The number of carbonyl (C=O) groups excluding carboxylic acids is 1. The van der Waals surface area contributed by atoms with E-state index in [-0.39, 0.29) is 11.3 Å². The normalized spacial score (nSPS) is 39.6. The van der Waals surface area contributed by atoms with Gasteiger partial charge < -0.3 is 4.90 Å². The number of hydroxylamine groups is 1. The molecule has 2 bridgehead atoms. The molecule has 3 fully saturated rings. The summed E-state index contributed by atoms with van der Waals surface area (Å²) >= 11 is 0. The third-order valence-electron chi connectivity index (χ3n) is 3.30. The summed E-state index contributed by atoms with van der Waals surface area (Å²) in [6, 6.07) is 0. The van der Waals surface area contributed by atoms with Crippen LogP contribution < -0.4 is 5.48 Å². The molecule has 0 aromatic rings. The van der Waals surface area contributed by atoms with E-state index in [9.17, 15) is 4.79 Å². The Balaban J connectivity index is 2.13. The van der Waals surface area contributed by atoms with Crippen LogP contribution in [0, 0.1) is 5.41 Å². The van der Waals surface area contributed by atoms with Gasteiger partial charge in [0.2, 0.25) is 5.91 Å². The van der Waals surface area contributed by atoms with Crippen LogP contribution in [-0.4, -0.2) is 35.6 Å². The van der Waals surface area contributed by atoms with Crippen molar-refractivity contribution in [1.82, 2.24) is 10.4 Å². The minimum Gasteiger partial charge on any atom is -0.303 e. The molecule has 0 aliphatic carbocycles. The second kappa shape index (κ2) is 2.71. The lowest BCUT2D eigenvalue weighted by molar-refractivity contribution is -0.147. The summed E-state index contributed by atoms with van der Waals surface area (Å²) in [6.07, 6.45) is 2.71. The van der Waals surface area contributed by atoms with Crippen molar-refractivity contribution in [2.45, 2.75) is 19.3 Å². The molecule has 3 aliphatic rings. The van der Waals surface area contributed by atoms with E-state index in [0.717, 1.165) is 38.9 Å². The van der Waals surface area contributed by atoms with Crippen LogP contribution in [0.5, 0.6) is 0 Å². The molecule has 0 radical (unpaired) electrons. The predicted octanol–water partition coefficient (Wildman–Crippen LogP) is -0.0223. The van der Waals surface area contributed by atoms with Gasteiger partial charge in [0.05, 0.1) is 5.41 Å². The fourth-order valence-corrected chi connectivity index (χ4v) is 2.29. The summed E-state index contributed by atoms with van der Waals surface area (Å²) in [6.45, 7) is 3.02. The van der Waals surface area contributed by atoms with Crippen molar-refractivity contribution < 1.29 is 10.0 Å². The van der Waals surface area contributed by atoms with E-state index < -0.39 is 0 Å². The van der Waals surface area contributed by atoms with Crippen LogP contribution >= 0.6 is 0 Å². The number of piperidine rings is 3. The third kappa shape index (κ3) is 1.03. The molecule has 68 valence electrons. The second-order valence-corrected chi connectivity index (χ2v) is 3.81. The van der Waals surface area contributed by atoms with Crippen LogP contribution in [0.3, 0.4) is 0 Å². The Morgan fingerprint density at radius 3 is 2.17 bits per heavy atom. The van der Waals surface area contributed by atoms with Gasteiger partial charge in [0.15, 0.2) is 0 Å². The van der Waals surface area contributed by atoms with Crippen molar-refractivity contribution in [3.8, 4) is 0 Å². The first kappa shape index (κ1) is 8.01. The van der Waals surface area contributed by atoms with Crippen LogP contribution in [0.2, 0.25) is 0 Å². The van der Waals surface area contributed by atoms with Gasteiger partial charge in [0, 0.05) is 0 Å². The molecular weight excluding hydrogens is 156 g/mol. The van der Waals surface area contributed by atoms with Crippen LogP contribution in [0.25, 0.3) is 0 Å². The van der Waals surface area contributed by atoms with Gasteiger partial charge in [-0.25, -0.2) is 5.48 Å². The molecule has 0 aromatic heterocycles. The highest BCUT2D eigenvalue weighted by molar-refractivity contribution is 5.81. The molecule has 0 spiro atoms. The Labute approximate surface area is 71.5 Å². The first-order valence-corrected chi connectivity index (χ1v) is 4.44. The van der Waals surface area contributed by atoms with E-state index in [0.29, 0.717) is 0 Å². The van der Waals surface area contributed by atoms with E-state index in [1.54, 1.807) is 5.48 Å². The van der Waals surface area contributed by atoms with Crippen molar-refractivity contribution in [1.29, 1.82) is 0 Å². The number of amides is 1. The van der Waals surface area contributed by atoms with Gasteiger partial charge in [-0.1, -0.05) is 0 Å². The molecule has 0 saturated carbocycles. The molecule has 3 saturated heterocycles. The Morgan fingerprint density at radius 2 is 1.75 bits per heavy atom. The lowest BCUT2D eigenvalue weighted by Gasteiger charge is -2.46. The predicted molar refractivity (Wildman–Crippen MR) is 42.7 cm³/mol. The molecule has 0 atom stereocenters. The maximum Gasteiger partial charge on any atom is 0.249 e. The van der Waals surface area contributed by atoms with Gasteiger partial charge in [-0.05, 0) is 38.9 Å². The molecule has 3 rings (SSSR count). The molecule has 0 unspecified atom stereocenters. The number of fused-ring (bicyclic) bond motifs is 3. The van der Waals surface area contributed by atoms with Crippen molar-refractivity contribution in [3.63, 3.8) is 0 Å². The van der Waals surface area contributed by atoms with Crippen molar-refractivity contribution in [2.24, 2.45) is 5.41 Å². The first-order valence-electron chi connectivity index (χ1n) is 4.44. The molecule has 12 heavy (non-hydrogen) atoms. The topological polar surface area (TPSA) is 52.6 Å². The van der Waals surface area contributed by atoms with Crippen LogP contribution in [0.4, 0.5) is 0 Å². The molecule has 0 aromatic carbocycles. The zero-order chi connectivity index (χ0) is 8.60. The lowest BCUT2D eigenvalue weighted by Crippen LogP contribution is -2.54. The Bertz CT molecular complexity index is 183. The Morgan fingerprint density at radius 1 is 1.25 bits per heavy atom. The monoisotopic (exact) mass is 170 g/mol. The molecular formula is C8H14N2O2. The number of nitrogens with zero attached hydrogens (tertiary/aromatic N) is 1. The fraction of sp³-hybridized carbons (Fsp3) is 0.875. The summed E-state index contributed by atoms with van der Waals surface area (Å²) in [5.41, 5.74) is 1.55. The summed E-state index contributed by atoms with van der Waals surface area (Å²) < 4.78 is 0. The third-order valence-corrected chi connectivity index (χ3v) is 3.30. The average molecular weight is 170 g/mol. The lowest BCUT2D eigenvalue weighted by atomic mass is 9.71. The first-order chi connectivity index (χ1) is 5.77. The summed E-state index contributed by atoms with van der Waals surface area (Å²) in [4.78, 5) is 13.7. The van der Waals surface area contributed by atoms with Crippen LogP contribution in [-0.2, 0) is 4.79 Å². The molecule has 2 N–H and O–H groups in total. The minimum atomic E-state index is -0.247. The van der Waals surface area contributed by atoms with Crippen LogP contribution in [0.15, 0.2) is 0 Å². The standard InChI is InChI=1S/C8H14N2O2/c11-7(9-12)8-1-4-10(5-2-8)6-3-8/h12H,1-6H2,(H,9,11). The van der Waals surface area contributed by atoms with E-state index in [1.165, 1.54) is 0 Å². The number of hydrogen-bond acceptors (Lipinski definition) is 3. The summed E-state index contributed by atoms with van der Waals surface area (Å²) in [5, 5.41) is 8.59. The van der Waals surface area contributed by atoms with E-state index in [4.69, 9.17) is 5.21 Å². The smallest absolute Gasteiger partial charge is 0.249 e. The van der Waals surface area contributed by atoms with E-state index >= 15 is 0 Å². The zero-order valence-electron chi connectivity index (χ0n) is 7.05. The quantitative estimate of drug-likeness (QED) is 0.429. The zero-order valence-corrected chi connectivity index (χ0v) is 7.05. The van der Waals surface area contributed by atoms with Crippen molar-refractivity contribution in [2.75, 3.05) is 19.6 Å².